The second-order valence-corrected chi connectivity index (χ2v) is 7.02. The van der Waals surface area contributed by atoms with Crippen molar-refractivity contribution in [3.05, 3.63) is 60.0 Å². The number of phenols is 1. The molecule has 0 atom stereocenters. The lowest BCUT2D eigenvalue weighted by Crippen LogP contribution is -2.28. The molecule has 3 aromatic rings. The number of aromatic nitrogens is 3. The molecule has 0 aliphatic carbocycles. The maximum atomic E-state index is 12.4. The molecule has 0 bridgehead atoms. The summed E-state index contributed by atoms with van der Waals surface area (Å²) >= 11 is 0. The molecule has 9 nitrogen and oxygen atoms in total. The Morgan fingerprint density at radius 2 is 1.90 bits per heavy atom. The molecule has 2 N–H and O–H groups in total. The van der Waals surface area contributed by atoms with Crippen molar-refractivity contribution in [3.63, 3.8) is 0 Å². The third-order valence-electron chi connectivity index (χ3n) is 4.69. The first-order valence-corrected chi connectivity index (χ1v) is 9.56. The summed E-state index contributed by atoms with van der Waals surface area (Å²) in [5.41, 5.74) is 0.569. The van der Waals surface area contributed by atoms with E-state index in [1.165, 1.54) is 24.4 Å². The van der Waals surface area contributed by atoms with Crippen LogP contribution >= 0.6 is 0 Å². The predicted molar refractivity (Wildman–Crippen MR) is 109 cm³/mol. The Morgan fingerprint density at radius 1 is 1.10 bits per heavy atom. The van der Waals surface area contributed by atoms with E-state index in [9.17, 15) is 14.7 Å². The molecule has 154 valence electrons. The number of phenolic OH excluding ortho intramolecular Hbond substituents is 1. The summed E-state index contributed by atoms with van der Waals surface area (Å²) in [4.78, 5) is 30.8. The van der Waals surface area contributed by atoms with Gasteiger partial charge in [0.1, 0.15) is 22.9 Å². The van der Waals surface area contributed by atoms with E-state index in [0.717, 1.165) is 25.9 Å². The van der Waals surface area contributed by atoms with E-state index in [2.05, 4.69) is 15.4 Å². The predicted octanol–water partition coefficient (Wildman–Crippen LogP) is 2.80. The van der Waals surface area contributed by atoms with Gasteiger partial charge >= 0.3 is 0 Å². The molecule has 0 unspecified atom stereocenters. The topological polar surface area (TPSA) is 110 Å². The number of pyridine rings is 1. The zero-order valence-corrected chi connectivity index (χ0v) is 16.4. The minimum atomic E-state index is -0.431. The fourth-order valence-electron chi connectivity index (χ4n) is 3.23. The molecule has 9 heteroatoms. The summed E-state index contributed by atoms with van der Waals surface area (Å²) in [5.74, 6) is 0.406. The first kappa shape index (κ1) is 19.4. The normalized spacial score (nSPS) is 13.3. The molecule has 1 aromatic carbocycles. The van der Waals surface area contributed by atoms with Crippen LogP contribution in [0.15, 0.2) is 48.8 Å². The van der Waals surface area contributed by atoms with Gasteiger partial charge in [0.15, 0.2) is 5.82 Å². The van der Waals surface area contributed by atoms with Gasteiger partial charge in [0, 0.05) is 44.0 Å². The third kappa shape index (κ3) is 4.40. The minimum Gasteiger partial charge on any atom is -0.508 e. The summed E-state index contributed by atoms with van der Waals surface area (Å²) < 4.78 is 7.28. The highest BCUT2D eigenvalue weighted by Gasteiger charge is 2.20. The molecular weight excluding hydrogens is 386 g/mol. The van der Waals surface area contributed by atoms with Crippen LogP contribution in [0.3, 0.4) is 0 Å². The summed E-state index contributed by atoms with van der Waals surface area (Å²) in [5, 5.41) is 16.7. The van der Waals surface area contributed by atoms with Gasteiger partial charge in [-0.3, -0.25) is 14.3 Å². The van der Waals surface area contributed by atoms with E-state index >= 15 is 0 Å². The number of carbonyl (C=O) groups excluding carboxylic acids is 2. The van der Waals surface area contributed by atoms with Crippen LogP contribution in [0.25, 0.3) is 0 Å². The molecule has 2 aromatic heterocycles. The van der Waals surface area contributed by atoms with Crippen LogP contribution in [0, 0.1) is 0 Å². The smallest absolute Gasteiger partial charge is 0.272 e. The first-order chi connectivity index (χ1) is 14.5. The number of nitrogens with one attached hydrogen (secondary N) is 1. The van der Waals surface area contributed by atoms with E-state index in [4.69, 9.17) is 4.74 Å². The maximum absolute atomic E-state index is 12.4. The van der Waals surface area contributed by atoms with Crippen molar-refractivity contribution in [2.24, 2.45) is 7.05 Å². The summed E-state index contributed by atoms with van der Waals surface area (Å²) in [6.07, 6.45) is 5.18. The number of nitrogens with zero attached hydrogens (tertiary/aromatic N) is 4. The zero-order chi connectivity index (χ0) is 21.1. The first-order valence-electron chi connectivity index (χ1n) is 9.56. The average molecular weight is 407 g/mol. The number of anilines is 1. The van der Waals surface area contributed by atoms with Crippen molar-refractivity contribution >= 4 is 17.6 Å². The lowest BCUT2D eigenvalue weighted by atomic mass is 10.2. The van der Waals surface area contributed by atoms with Gasteiger partial charge in [-0.05, 0) is 37.1 Å². The molecule has 0 spiro atoms. The van der Waals surface area contributed by atoms with Crippen LogP contribution < -0.4 is 10.1 Å². The number of amides is 2. The Kier molecular flexibility index (Phi) is 5.34. The second-order valence-electron chi connectivity index (χ2n) is 7.02. The van der Waals surface area contributed by atoms with Crippen LogP contribution in [0.1, 0.15) is 33.7 Å². The van der Waals surface area contributed by atoms with Crippen molar-refractivity contribution in [2.45, 2.75) is 12.8 Å². The molecule has 1 saturated heterocycles. The van der Waals surface area contributed by atoms with Gasteiger partial charge in [-0.1, -0.05) is 0 Å². The Labute approximate surface area is 172 Å². The molecular formula is C21H21N5O4. The van der Waals surface area contributed by atoms with Crippen molar-refractivity contribution in [2.75, 3.05) is 18.4 Å². The molecule has 2 amide bonds. The van der Waals surface area contributed by atoms with Gasteiger partial charge in [-0.15, -0.1) is 0 Å². The van der Waals surface area contributed by atoms with Crippen molar-refractivity contribution < 1.29 is 19.4 Å². The third-order valence-corrected chi connectivity index (χ3v) is 4.69. The van der Waals surface area contributed by atoms with Crippen molar-refractivity contribution in [1.82, 2.24) is 19.7 Å². The van der Waals surface area contributed by atoms with Crippen LogP contribution in [0.2, 0.25) is 0 Å². The number of benzene rings is 1. The highest BCUT2D eigenvalue weighted by molar-refractivity contribution is 6.04. The van der Waals surface area contributed by atoms with Gasteiger partial charge in [0.2, 0.25) is 0 Å². The van der Waals surface area contributed by atoms with E-state index in [1.54, 1.807) is 41.0 Å². The monoisotopic (exact) mass is 407 g/mol. The van der Waals surface area contributed by atoms with E-state index in [-0.39, 0.29) is 23.0 Å². The molecule has 1 fully saturated rings. The molecule has 4 rings (SSSR count). The molecule has 0 saturated carbocycles. The fraction of sp³-hybridized carbons (Fsp3) is 0.238. The van der Waals surface area contributed by atoms with Gasteiger partial charge in [-0.25, -0.2) is 4.98 Å². The van der Waals surface area contributed by atoms with Crippen molar-refractivity contribution in [1.29, 1.82) is 0 Å². The standard InChI is InChI=1S/C21H21N5O4/c1-25-9-6-19(24-25)23-20(28)14-10-15(27)12-17(11-14)30-16-4-5-18(22-13-16)21(29)26-7-2-3-8-26/h4-6,9-13,27H,2-3,7-8H2,1H3,(H,23,24,28). The van der Waals surface area contributed by atoms with Crippen molar-refractivity contribution in [3.8, 4) is 17.2 Å². The SMILES string of the molecule is Cn1ccc(NC(=O)c2cc(O)cc(Oc3ccc(C(=O)N4CCCC4)nc3)c2)n1. The van der Waals surface area contributed by atoms with Gasteiger partial charge in [-0.2, -0.15) is 5.10 Å². The Bertz CT molecular complexity index is 1070. The van der Waals surface area contributed by atoms with Crippen LogP contribution in [-0.4, -0.2) is 49.7 Å². The molecule has 30 heavy (non-hydrogen) atoms. The summed E-state index contributed by atoms with van der Waals surface area (Å²) in [6, 6.07) is 9.12. The lowest BCUT2D eigenvalue weighted by molar-refractivity contribution is 0.0786. The highest BCUT2D eigenvalue weighted by Crippen LogP contribution is 2.27. The van der Waals surface area contributed by atoms with Gasteiger partial charge in [0.25, 0.3) is 11.8 Å². The molecule has 0 radical (unpaired) electrons. The lowest BCUT2D eigenvalue weighted by Gasteiger charge is -2.14. The number of hydrogen-bond acceptors (Lipinski definition) is 6. The van der Waals surface area contributed by atoms with Gasteiger partial charge in [0.05, 0.1) is 6.20 Å². The van der Waals surface area contributed by atoms with Crippen LogP contribution in [0.5, 0.6) is 17.2 Å². The van der Waals surface area contributed by atoms with E-state index < -0.39 is 5.91 Å². The zero-order valence-electron chi connectivity index (χ0n) is 16.4. The number of hydrogen-bond donors (Lipinski definition) is 2. The Balaban J connectivity index is 1.46. The van der Waals surface area contributed by atoms with Gasteiger partial charge < -0.3 is 20.1 Å². The van der Waals surface area contributed by atoms with Crippen LogP contribution in [0.4, 0.5) is 5.82 Å². The fourth-order valence-corrected chi connectivity index (χ4v) is 3.23. The summed E-state index contributed by atoms with van der Waals surface area (Å²) in [6.45, 7) is 1.51. The number of aromatic hydroxyl groups is 1. The van der Waals surface area contributed by atoms with E-state index in [1.807, 2.05) is 0 Å². The molecule has 1 aliphatic rings. The largest absolute Gasteiger partial charge is 0.508 e. The maximum Gasteiger partial charge on any atom is 0.272 e. The summed E-state index contributed by atoms with van der Waals surface area (Å²) in [7, 11) is 1.74. The van der Waals surface area contributed by atoms with E-state index in [0.29, 0.717) is 17.3 Å². The number of likely N-dealkylation sites (tertiary alicyclic amines) is 1. The number of ether oxygens (including phenoxy) is 1. The quantitative estimate of drug-likeness (QED) is 0.673. The molecule has 1 aliphatic heterocycles. The molecule has 3 heterocycles. The number of carbonyl (C=O) groups is 2. The highest BCUT2D eigenvalue weighted by atomic mass is 16.5. The van der Waals surface area contributed by atoms with Crippen LogP contribution in [-0.2, 0) is 7.05 Å². The Morgan fingerprint density at radius 3 is 2.57 bits per heavy atom. The average Bonchev–Trinajstić information content (AvgIpc) is 3.39. The minimum absolute atomic E-state index is 0.0927. The number of aryl methyl sites for hydroxylation is 1. The Hall–Kier alpha value is -3.88. The number of rotatable bonds is 5. The second kappa shape index (κ2) is 8.24.